The minimum Gasteiger partial charge on any atom is -0.296 e. The maximum Gasteiger partial charge on any atom is 0.268 e. The van der Waals surface area contributed by atoms with Crippen molar-refractivity contribution in [2.75, 3.05) is 5.32 Å². The van der Waals surface area contributed by atoms with Gasteiger partial charge in [0, 0.05) is 0 Å². The fourth-order valence-corrected chi connectivity index (χ4v) is 2.58. The Morgan fingerprint density at radius 1 is 1.35 bits per heavy atom. The molecule has 0 atom stereocenters. The Hall–Kier alpha value is -2.52. The van der Waals surface area contributed by atoms with Crippen molar-refractivity contribution in [1.82, 2.24) is 10.2 Å². The van der Waals surface area contributed by atoms with Crippen LogP contribution in [0.3, 0.4) is 0 Å². The summed E-state index contributed by atoms with van der Waals surface area (Å²) in [6.07, 6.45) is 2.33. The SMILES string of the molecule is CCc1nnc(NC(=O)C(C#N)=Cc2ccc(C(C)C)cc2)s1. The predicted molar refractivity (Wildman–Crippen MR) is 92.0 cm³/mol. The predicted octanol–water partition coefficient (Wildman–Crippen LogP) is 3.77. The van der Waals surface area contributed by atoms with Crippen LogP contribution in [0.1, 0.15) is 42.8 Å². The quantitative estimate of drug-likeness (QED) is 0.670. The van der Waals surface area contributed by atoms with Crippen LogP contribution in [-0.4, -0.2) is 16.1 Å². The number of nitrogens with zero attached hydrogens (tertiary/aromatic N) is 3. The van der Waals surface area contributed by atoms with Gasteiger partial charge in [-0.05, 0) is 29.5 Å². The van der Waals surface area contributed by atoms with Crippen molar-refractivity contribution in [2.24, 2.45) is 0 Å². The molecule has 0 aliphatic carbocycles. The standard InChI is InChI=1S/C17H18N4OS/c1-4-15-20-21-17(23-15)19-16(22)14(10-18)9-12-5-7-13(8-6-12)11(2)3/h5-9,11H,4H2,1-3H3,(H,19,21,22). The van der Waals surface area contributed by atoms with E-state index in [0.29, 0.717) is 11.0 Å². The average molecular weight is 326 g/mol. The van der Waals surface area contributed by atoms with Crippen molar-refractivity contribution in [3.63, 3.8) is 0 Å². The molecule has 1 aromatic heterocycles. The molecular weight excluding hydrogens is 308 g/mol. The first-order chi connectivity index (χ1) is 11.0. The highest BCUT2D eigenvalue weighted by Crippen LogP contribution is 2.18. The zero-order valence-electron chi connectivity index (χ0n) is 13.3. The van der Waals surface area contributed by atoms with Crippen molar-refractivity contribution in [2.45, 2.75) is 33.1 Å². The lowest BCUT2D eigenvalue weighted by molar-refractivity contribution is -0.112. The van der Waals surface area contributed by atoms with Gasteiger partial charge in [0.1, 0.15) is 16.6 Å². The Bertz CT molecular complexity index is 754. The van der Waals surface area contributed by atoms with E-state index in [1.807, 2.05) is 37.3 Å². The molecule has 1 heterocycles. The van der Waals surface area contributed by atoms with Crippen LogP contribution >= 0.6 is 11.3 Å². The number of carbonyl (C=O) groups excluding carboxylic acids is 1. The lowest BCUT2D eigenvalue weighted by Crippen LogP contribution is -2.13. The number of aromatic nitrogens is 2. The first kappa shape index (κ1) is 16.8. The maximum atomic E-state index is 12.2. The molecule has 0 fully saturated rings. The van der Waals surface area contributed by atoms with E-state index in [2.05, 4.69) is 29.4 Å². The Kier molecular flexibility index (Phi) is 5.61. The number of anilines is 1. The van der Waals surface area contributed by atoms with E-state index in [0.717, 1.165) is 17.0 Å². The molecule has 2 aromatic rings. The van der Waals surface area contributed by atoms with Gasteiger partial charge in [-0.15, -0.1) is 10.2 Å². The van der Waals surface area contributed by atoms with Gasteiger partial charge in [0.25, 0.3) is 5.91 Å². The highest BCUT2D eigenvalue weighted by atomic mass is 32.1. The van der Waals surface area contributed by atoms with Crippen LogP contribution in [0.15, 0.2) is 29.8 Å². The largest absolute Gasteiger partial charge is 0.296 e. The maximum absolute atomic E-state index is 12.2. The molecule has 6 heteroatoms. The Morgan fingerprint density at radius 3 is 2.57 bits per heavy atom. The van der Waals surface area contributed by atoms with Gasteiger partial charge in [-0.1, -0.05) is 56.4 Å². The fraction of sp³-hybridized carbons (Fsp3) is 0.294. The van der Waals surface area contributed by atoms with Gasteiger partial charge in [-0.25, -0.2) is 0 Å². The molecule has 0 aliphatic rings. The molecule has 0 saturated heterocycles. The number of hydrogen-bond donors (Lipinski definition) is 1. The molecule has 2 rings (SSSR count). The average Bonchev–Trinajstić information content (AvgIpc) is 3.00. The first-order valence-corrected chi connectivity index (χ1v) is 8.20. The summed E-state index contributed by atoms with van der Waals surface area (Å²) in [6, 6.07) is 9.74. The van der Waals surface area contributed by atoms with Gasteiger partial charge in [0.05, 0.1) is 0 Å². The second kappa shape index (κ2) is 7.65. The molecule has 0 bridgehead atoms. The lowest BCUT2D eigenvalue weighted by Gasteiger charge is -2.05. The molecule has 1 amide bonds. The summed E-state index contributed by atoms with van der Waals surface area (Å²) in [5.41, 5.74) is 2.06. The molecule has 0 spiro atoms. The minimum atomic E-state index is -0.473. The summed E-state index contributed by atoms with van der Waals surface area (Å²) in [5.74, 6) is -0.0313. The van der Waals surface area contributed by atoms with Crippen LogP contribution in [0.25, 0.3) is 6.08 Å². The van der Waals surface area contributed by atoms with E-state index < -0.39 is 5.91 Å². The monoisotopic (exact) mass is 326 g/mol. The second-order valence-electron chi connectivity index (χ2n) is 5.30. The Balaban J connectivity index is 2.14. The van der Waals surface area contributed by atoms with Gasteiger partial charge in [-0.2, -0.15) is 5.26 Å². The Morgan fingerprint density at radius 2 is 2.04 bits per heavy atom. The number of nitriles is 1. The highest BCUT2D eigenvalue weighted by Gasteiger charge is 2.12. The van der Waals surface area contributed by atoms with Crippen LogP contribution in [0, 0.1) is 11.3 Å². The molecule has 0 aliphatic heterocycles. The van der Waals surface area contributed by atoms with Gasteiger partial charge in [0.2, 0.25) is 5.13 Å². The summed E-state index contributed by atoms with van der Waals surface area (Å²) in [6.45, 7) is 6.20. The van der Waals surface area contributed by atoms with Crippen molar-refractivity contribution >= 4 is 28.5 Å². The first-order valence-electron chi connectivity index (χ1n) is 7.39. The van der Waals surface area contributed by atoms with E-state index in [4.69, 9.17) is 0 Å². The number of carbonyl (C=O) groups is 1. The zero-order chi connectivity index (χ0) is 16.8. The van der Waals surface area contributed by atoms with Crippen LogP contribution in [0.5, 0.6) is 0 Å². The molecule has 0 radical (unpaired) electrons. The molecule has 1 N–H and O–H groups in total. The third kappa shape index (κ3) is 4.47. The number of aryl methyl sites for hydroxylation is 1. The summed E-state index contributed by atoms with van der Waals surface area (Å²) in [5, 5.41) is 20.9. The number of nitrogens with one attached hydrogen (secondary N) is 1. The molecular formula is C17H18N4OS. The van der Waals surface area contributed by atoms with E-state index in [1.165, 1.54) is 16.9 Å². The van der Waals surface area contributed by atoms with Crippen molar-refractivity contribution < 1.29 is 4.79 Å². The summed E-state index contributed by atoms with van der Waals surface area (Å²) in [4.78, 5) is 12.2. The molecule has 118 valence electrons. The minimum absolute atomic E-state index is 0.0375. The van der Waals surface area contributed by atoms with Gasteiger partial charge in [-0.3, -0.25) is 10.1 Å². The summed E-state index contributed by atoms with van der Waals surface area (Å²) >= 11 is 1.31. The number of hydrogen-bond acceptors (Lipinski definition) is 5. The van der Waals surface area contributed by atoms with Gasteiger partial charge < -0.3 is 0 Å². The number of rotatable bonds is 5. The highest BCUT2D eigenvalue weighted by molar-refractivity contribution is 7.15. The third-order valence-corrected chi connectivity index (χ3v) is 4.25. The number of benzene rings is 1. The molecule has 5 nitrogen and oxygen atoms in total. The van der Waals surface area contributed by atoms with Crippen LogP contribution < -0.4 is 5.32 Å². The number of amides is 1. The lowest BCUT2D eigenvalue weighted by atomic mass is 10.0. The second-order valence-corrected chi connectivity index (χ2v) is 6.36. The summed E-state index contributed by atoms with van der Waals surface area (Å²) in [7, 11) is 0. The smallest absolute Gasteiger partial charge is 0.268 e. The van der Waals surface area contributed by atoms with Gasteiger partial charge >= 0.3 is 0 Å². The van der Waals surface area contributed by atoms with E-state index in [1.54, 1.807) is 6.08 Å². The molecule has 0 saturated carbocycles. The van der Waals surface area contributed by atoms with E-state index in [9.17, 15) is 10.1 Å². The Labute approximate surface area is 139 Å². The zero-order valence-corrected chi connectivity index (χ0v) is 14.1. The van der Waals surface area contributed by atoms with Crippen LogP contribution in [0.4, 0.5) is 5.13 Å². The van der Waals surface area contributed by atoms with Crippen LogP contribution in [0.2, 0.25) is 0 Å². The normalized spacial score (nSPS) is 11.3. The topological polar surface area (TPSA) is 78.7 Å². The van der Waals surface area contributed by atoms with Crippen molar-refractivity contribution in [1.29, 1.82) is 5.26 Å². The van der Waals surface area contributed by atoms with Crippen molar-refractivity contribution in [3.8, 4) is 6.07 Å². The van der Waals surface area contributed by atoms with E-state index >= 15 is 0 Å². The molecule has 1 aromatic carbocycles. The third-order valence-electron chi connectivity index (χ3n) is 3.27. The van der Waals surface area contributed by atoms with Gasteiger partial charge in [0.15, 0.2) is 0 Å². The molecule has 0 unspecified atom stereocenters. The molecule has 23 heavy (non-hydrogen) atoms. The summed E-state index contributed by atoms with van der Waals surface area (Å²) < 4.78 is 0. The van der Waals surface area contributed by atoms with Crippen LogP contribution in [-0.2, 0) is 11.2 Å². The van der Waals surface area contributed by atoms with E-state index in [-0.39, 0.29) is 5.57 Å². The van der Waals surface area contributed by atoms with Crippen molar-refractivity contribution in [3.05, 3.63) is 46.0 Å². The fourth-order valence-electron chi connectivity index (χ4n) is 1.90.